The minimum Gasteiger partial charge on any atom is -0.351 e. The number of carbonyl (C=O) groups is 1. The van der Waals surface area contributed by atoms with Crippen LogP contribution < -0.4 is 5.32 Å². The van der Waals surface area contributed by atoms with Gasteiger partial charge in [-0.2, -0.15) is 0 Å². The molecule has 1 aromatic heterocycles. The van der Waals surface area contributed by atoms with Gasteiger partial charge in [0.1, 0.15) is 5.82 Å². The maximum atomic E-state index is 12.2. The smallest absolute Gasteiger partial charge is 0.234 e. The first-order chi connectivity index (χ1) is 12.0. The van der Waals surface area contributed by atoms with Crippen LogP contribution >= 0.6 is 0 Å². The average molecular weight is 341 g/mol. The van der Waals surface area contributed by atoms with Gasteiger partial charge in [-0.1, -0.05) is 12.1 Å². The number of benzene rings is 1. The van der Waals surface area contributed by atoms with Crippen molar-refractivity contribution >= 4 is 5.91 Å². The monoisotopic (exact) mass is 341 g/mol. The van der Waals surface area contributed by atoms with Gasteiger partial charge in [-0.05, 0) is 45.1 Å². The summed E-state index contributed by atoms with van der Waals surface area (Å²) in [5.74, 6) is 1.05. The van der Waals surface area contributed by atoms with Gasteiger partial charge in [0.15, 0.2) is 0 Å². The Morgan fingerprint density at radius 3 is 2.68 bits per heavy atom. The molecule has 134 valence electrons. The molecule has 0 unspecified atom stereocenters. The van der Waals surface area contributed by atoms with Crippen molar-refractivity contribution in [2.75, 3.05) is 33.7 Å². The van der Waals surface area contributed by atoms with Crippen LogP contribution in [-0.2, 0) is 11.3 Å². The Bertz CT molecular complexity index is 707. The molecule has 6 nitrogen and oxygen atoms in total. The van der Waals surface area contributed by atoms with Gasteiger partial charge in [0.05, 0.1) is 6.54 Å². The van der Waals surface area contributed by atoms with E-state index in [0.717, 1.165) is 36.6 Å². The molecule has 2 heterocycles. The fraction of sp³-hybridized carbons (Fsp3) is 0.474. The normalized spacial score (nSPS) is 18.0. The van der Waals surface area contributed by atoms with Gasteiger partial charge in [0, 0.05) is 43.8 Å². The van der Waals surface area contributed by atoms with Crippen LogP contribution in [-0.4, -0.2) is 65.0 Å². The number of nitrogens with one attached hydrogen (secondary N) is 1. The highest BCUT2D eigenvalue weighted by Crippen LogP contribution is 2.13. The number of likely N-dealkylation sites (N-methyl/N-ethyl adjacent to an activating group) is 1. The Labute approximate surface area is 149 Å². The summed E-state index contributed by atoms with van der Waals surface area (Å²) in [7, 11) is 4.20. The van der Waals surface area contributed by atoms with Crippen molar-refractivity contribution in [3.63, 3.8) is 0 Å². The zero-order chi connectivity index (χ0) is 17.8. The van der Waals surface area contributed by atoms with Crippen LogP contribution in [0.3, 0.4) is 0 Å². The lowest BCUT2D eigenvalue weighted by Gasteiger charge is -2.20. The molecule has 3 rings (SSSR count). The lowest BCUT2D eigenvalue weighted by Crippen LogP contribution is -2.38. The van der Waals surface area contributed by atoms with Crippen molar-refractivity contribution < 1.29 is 4.79 Å². The molecule has 0 aliphatic carbocycles. The molecule has 6 heteroatoms. The molecule has 0 saturated carbocycles. The van der Waals surface area contributed by atoms with Crippen molar-refractivity contribution in [3.8, 4) is 5.69 Å². The zero-order valence-corrected chi connectivity index (χ0v) is 15.3. The molecule has 1 amide bonds. The second-order valence-corrected chi connectivity index (χ2v) is 6.93. The number of rotatable bonds is 6. The second-order valence-electron chi connectivity index (χ2n) is 6.93. The van der Waals surface area contributed by atoms with Crippen molar-refractivity contribution in [1.29, 1.82) is 0 Å². The Morgan fingerprint density at radius 2 is 2.08 bits per heavy atom. The van der Waals surface area contributed by atoms with Crippen LogP contribution in [0.2, 0.25) is 0 Å². The second kappa shape index (κ2) is 7.80. The van der Waals surface area contributed by atoms with Crippen molar-refractivity contribution in [2.24, 2.45) is 0 Å². The molecule has 1 saturated heterocycles. The number of hydrogen-bond donors (Lipinski definition) is 1. The number of carbonyl (C=O) groups excluding carboxylic acids is 1. The van der Waals surface area contributed by atoms with Crippen molar-refractivity contribution in [1.82, 2.24) is 24.7 Å². The SMILES string of the molecule is Cc1nccn1-c1ccc(CNC(=O)CN2CC[C@H](N(C)C)C2)cc1. The molecule has 1 N–H and O–H groups in total. The van der Waals surface area contributed by atoms with Crippen LogP contribution in [0.5, 0.6) is 0 Å². The quantitative estimate of drug-likeness (QED) is 0.864. The van der Waals surface area contributed by atoms with Gasteiger partial charge in [-0.15, -0.1) is 0 Å². The molecule has 1 aliphatic rings. The minimum absolute atomic E-state index is 0.0916. The summed E-state index contributed by atoms with van der Waals surface area (Å²) in [6.45, 7) is 4.99. The predicted molar refractivity (Wildman–Crippen MR) is 98.7 cm³/mol. The maximum absolute atomic E-state index is 12.2. The molecular formula is C19H27N5O. The van der Waals surface area contributed by atoms with Gasteiger partial charge in [-0.25, -0.2) is 4.98 Å². The van der Waals surface area contributed by atoms with Gasteiger partial charge < -0.3 is 14.8 Å². The third-order valence-corrected chi connectivity index (χ3v) is 4.87. The molecule has 2 aromatic rings. The molecule has 1 aliphatic heterocycles. The van der Waals surface area contributed by atoms with E-state index in [1.54, 1.807) is 6.20 Å². The first-order valence-electron chi connectivity index (χ1n) is 8.77. The fourth-order valence-electron chi connectivity index (χ4n) is 3.26. The average Bonchev–Trinajstić information content (AvgIpc) is 3.22. The number of aromatic nitrogens is 2. The third kappa shape index (κ3) is 4.46. The van der Waals surface area contributed by atoms with E-state index in [2.05, 4.69) is 46.3 Å². The highest BCUT2D eigenvalue weighted by atomic mass is 16.2. The molecule has 1 fully saturated rings. The van der Waals surface area contributed by atoms with E-state index in [1.807, 2.05) is 29.8 Å². The topological polar surface area (TPSA) is 53.4 Å². The van der Waals surface area contributed by atoms with Crippen LogP contribution in [0.25, 0.3) is 5.69 Å². The van der Waals surface area contributed by atoms with Crippen LogP contribution in [0, 0.1) is 6.92 Å². The highest BCUT2D eigenvalue weighted by Gasteiger charge is 2.25. The number of aryl methyl sites for hydroxylation is 1. The summed E-state index contributed by atoms with van der Waals surface area (Å²) in [6, 6.07) is 8.77. The van der Waals surface area contributed by atoms with Gasteiger partial charge in [0.2, 0.25) is 5.91 Å². The standard InChI is InChI=1S/C19H27N5O/c1-15-20-9-11-24(15)17-6-4-16(5-7-17)12-21-19(25)14-23-10-8-18(13-23)22(2)3/h4-7,9,11,18H,8,10,12-14H2,1-3H3,(H,21,25)/t18-/m0/s1. The van der Waals surface area contributed by atoms with Crippen LogP contribution in [0.15, 0.2) is 36.7 Å². The van der Waals surface area contributed by atoms with Gasteiger partial charge in [0.25, 0.3) is 0 Å². The molecule has 25 heavy (non-hydrogen) atoms. The lowest BCUT2D eigenvalue weighted by molar-refractivity contribution is -0.122. The number of nitrogens with zero attached hydrogens (tertiary/aromatic N) is 4. The van der Waals surface area contributed by atoms with Crippen LogP contribution in [0.1, 0.15) is 17.8 Å². The molecule has 0 bridgehead atoms. The Kier molecular flexibility index (Phi) is 5.50. The van der Waals surface area contributed by atoms with Gasteiger partial charge >= 0.3 is 0 Å². The highest BCUT2D eigenvalue weighted by molar-refractivity contribution is 5.78. The lowest BCUT2D eigenvalue weighted by atomic mass is 10.2. The van der Waals surface area contributed by atoms with E-state index in [-0.39, 0.29) is 5.91 Å². The summed E-state index contributed by atoms with van der Waals surface area (Å²) in [5.41, 5.74) is 2.18. The first kappa shape index (κ1) is 17.6. The summed E-state index contributed by atoms with van der Waals surface area (Å²) >= 11 is 0. The summed E-state index contributed by atoms with van der Waals surface area (Å²) in [4.78, 5) is 20.9. The van der Waals surface area contributed by atoms with E-state index in [1.165, 1.54) is 0 Å². The first-order valence-corrected chi connectivity index (χ1v) is 8.77. The molecule has 0 spiro atoms. The minimum atomic E-state index is 0.0916. The maximum Gasteiger partial charge on any atom is 0.234 e. The van der Waals surface area contributed by atoms with Crippen molar-refractivity contribution in [3.05, 3.63) is 48.0 Å². The predicted octanol–water partition coefficient (Wildman–Crippen LogP) is 1.43. The summed E-state index contributed by atoms with van der Waals surface area (Å²) in [5, 5.41) is 3.02. The number of amides is 1. The van der Waals surface area contributed by atoms with Gasteiger partial charge in [-0.3, -0.25) is 9.69 Å². The molecular weight excluding hydrogens is 314 g/mol. The number of likely N-dealkylation sites (tertiary alicyclic amines) is 1. The number of hydrogen-bond acceptors (Lipinski definition) is 4. The van der Waals surface area contributed by atoms with E-state index in [0.29, 0.717) is 19.1 Å². The van der Waals surface area contributed by atoms with Crippen molar-refractivity contribution in [2.45, 2.75) is 25.9 Å². The van der Waals surface area contributed by atoms with E-state index >= 15 is 0 Å². The summed E-state index contributed by atoms with van der Waals surface area (Å²) in [6.07, 6.45) is 4.88. The molecule has 1 aromatic carbocycles. The summed E-state index contributed by atoms with van der Waals surface area (Å²) < 4.78 is 2.04. The largest absolute Gasteiger partial charge is 0.351 e. The Balaban J connectivity index is 1.47. The number of imidazole rings is 1. The van der Waals surface area contributed by atoms with Crippen LogP contribution in [0.4, 0.5) is 0 Å². The Hall–Kier alpha value is -2.18. The molecule has 1 atom stereocenters. The fourth-order valence-corrected chi connectivity index (χ4v) is 3.26. The zero-order valence-electron chi connectivity index (χ0n) is 15.3. The van der Waals surface area contributed by atoms with E-state index in [9.17, 15) is 4.79 Å². The third-order valence-electron chi connectivity index (χ3n) is 4.87. The van der Waals surface area contributed by atoms with E-state index < -0.39 is 0 Å². The Morgan fingerprint density at radius 1 is 1.32 bits per heavy atom. The van der Waals surface area contributed by atoms with E-state index in [4.69, 9.17) is 0 Å². The molecule has 0 radical (unpaired) electrons.